The van der Waals surface area contributed by atoms with Gasteiger partial charge in [-0.25, -0.2) is 4.98 Å². The van der Waals surface area contributed by atoms with Crippen LogP contribution in [0.25, 0.3) is 0 Å². The molecule has 19 heavy (non-hydrogen) atoms. The molecule has 1 aliphatic rings. The first-order chi connectivity index (χ1) is 9.15. The Hall–Kier alpha value is -0.160. The number of nitrogens with zero attached hydrogens (tertiary/aromatic N) is 2. The maximum atomic E-state index is 9.64. The van der Waals surface area contributed by atoms with Crippen LogP contribution in [0.5, 0.6) is 0 Å². The van der Waals surface area contributed by atoms with Gasteiger partial charge in [-0.1, -0.05) is 6.92 Å². The molecule has 2 heterocycles. The van der Waals surface area contributed by atoms with E-state index in [0.717, 1.165) is 25.1 Å². The lowest BCUT2D eigenvalue weighted by Gasteiger charge is -2.32. The quantitative estimate of drug-likeness (QED) is 0.816. The third kappa shape index (κ3) is 3.69. The molecule has 0 radical (unpaired) electrons. The average Bonchev–Trinajstić information content (AvgIpc) is 3.00. The van der Waals surface area contributed by atoms with Crippen molar-refractivity contribution in [3.8, 4) is 0 Å². The Morgan fingerprint density at radius 1 is 1.63 bits per heavy atom. The SMILES string of the molecule is CCC(c1nc(CCl)cs1)N1CCCC1CC(C)O. The summed E-state index contributed by atoms with van der Waals surface area (Å²) in [6, 6.07) is 0.876. The second kappa shape index (κ2) is 7.02. The largest absolute Gasteiger partial charge is 0.393 e. The zero-order chi connectivity index (χ0) is 13.8. The molecule has 1 aromatic heterocycles. The third-order valence-electron chi connectivity index (χ3n) is 3.81. The van der Waals surface area contributed by atoms with Crippen molar-refractivity contribution >= 4 is 22.9 Å². The summed E-state index contributed by atoms with van der Waals surface area (Å²) in [6.07, 6.45) is 4.12. The minimum absolute atomic E-state index is 0.224. The number of likely N-dealkylation sites (tertiary alicyclic amines) is 1. The lowest BCUT2D eigenvalue weighted by molar-refractivity contribution is 0.107. The van der Waals surface area contributed by atoms with Crippen molar-refractivity contribution in [1.82, 2.24) is 9.88 Å². The van der Waals surface area contributed by atoms with Crippen molar-refractivity contribution in [2.45, 2.75) is 63.6 Å². The van der Waals surface area contributed by atoms with E-state index in [0.29, 0.717) is 18.0 Å². The van der Waals surface area contributed by atoms with Crippen molar-refractivity contribution in [3.63, 3.8) is 0 Å². The predicted molar refractivity (Wildman–Crippen MR) is 80.7 cm³/mol. The van der Waals surface area contributed by atoms with Gasteiger partial charge in [-0.15, -0.1) is 22.9 Å². The van der Waals surface area contributed by atoms with Crippen LogP contribution in [0.4, 0.5) is 0 Å². The van der Waals surface area contributed by atoms with Gasteiger partial charge in [-0.3, -0.25) is 4.90 Å². The third-order valence-corrected chi connectivity index (χ3v) is 5.08. The highest BCUT2D eigenvalue weighted by Gasteiger charge is 2.32. The summed E-state index contributed by atoms with van der Waals surface area (Å²) in [5.74, 6) is 0.490. The van der Waals surface area contributed by atoms with Gasteiger partial charge in [0.15, 0.2) is 0 Å². The van der Waals surface area contributed by atoms with Crippen LogP contribution in [0.1, 0.15) is 56.3 Å². The van der Waals surface area contributed by atoms with E-state index in [1.807, 2.05) is 6.92 Å². The number of aliphatic hydroxyl groups is 1. The molecule has 108 valence electrons. The molecule has 3 unspecified atom stereocenters. The smallest absolute Gasteiger partial charge is 0.110 e. The van der Waals surface area contributed by atoms with E-state index in [1.54, 1.807) is 11.3 Å². The monoisotopic (exact) mass is 302 g/mol. The highest BCUT2D eigenvalue weighted by Crippen LogP contribution is 2.35. The standard InChI is InChI=1S/C14H23ClN2OS/c1-3-13(14-16-11(8-15)9-19-14)17-6-4-5-12(17)7-10(2)18/h9-10,12-13,18H,3-8H2,1-2H3. The van der Waals surface area contributed by atoms with Gasteiger partial charge in [-0.05, 0) is 39.2 Å². The molecule has 2 rings (SSSR count). The Labute approximate surface area is 124 Å². The van der Waals surface area contributed by atoms with Crippen molar-refractivity contribution in [1.29, 1.82) is 0 Å². The van der Waals surface area contributed by atoms with E-state index in [9.17, 15) is 5.11 Å². The first kappa shape index (κ1) is 15.2. The van der Waals surface area contributed by atoms with Gasteiger partial charge in [0.05, 0.1) is 23.7 Å². The predicted octanol–water partition coefficient (Wildman–Crippen LogP) is 3.57. The van der Waals surface area contributed by atoms with E-state index in [-0.39, 0.29) is 6.10 Å². The van der Waals surface area contributed by atoms with E-state index in [1.165, 1.54) is 17.8 Å². The van der Waals surface area contributed by atoms with Gasteiger partial charge in [0, 0.05) is 11.4 Å². The van der Waals surface area contributed by atoms with E-state index < -0.39 is 0 Å². The normalized spacial score (nSPS) is 23.7. The second-order valence-corrected chi connectivity index (χ2v) is 6.51. The molecule has 0 saturated carbocycles. The summed E-state index contributed by atoms with van der Waals surface area (Å²) in [5, 5.41) is 12.9. The molecule has 1 aliphatic heterocycles. The van der Waals surface area contributed by atoms with Crippen LogP contribution < -0.4 is 0 Å². The number of thiazole rings is 1. The number of halogens is 1. The Kier molecular flexibility index (Phi) is 5.63. The highest BCUT2D eigenvalue weighted by molar-refractivity contribution is 7.09. The van der Waals surface area contributed by atoms with Gasteiger partial charge in [-0.2, -0.15) is 0 Å². The zero-order valence-corrected chi connectivity index (χ0v) is 13.3. The molecule has 3 nitrogen and oxygen atoms in total. The van der Waals surface area contributed by atoms with Gasteiger partial charge in [0.25, 0.3) is 0 Å². The minimum Gasteiger partial charge on any atom is -0.393 e. The first-order valence-electron chi connectivity index (χ1n) is 7.09. The number of hydrogen-bond donors (Lipinski definition) is 1. The number of aliphatic hydroxyl groups excluding tert-OH is 1. The maximum Gasteiger partial charge on any atom is 0.110 e. The summed E-state index contributed by atoms with van der Waals surface area (Å²) >= 11 is 7.56. The highest BCUT2D eigenvalue weighted by atomic mass is 35.5. The van der Waals surface area contributed by atoms with Crippen LogP contribution in [0, 0.1) is 0 Å². The van der Waals surface area contributed by atoms with Gasteiger partial charge < -0.3 is 5.11 Å². The summed E-state index contributed by atoms with van der Waals surface area (Å²) < 4.78 is 0. The zero-order valence-electron chi connectivity index (χ0n) is 11.7. The Morgan fingerprint density at radius 2 is 2.42 bits per heavy atom. The lowest BCUT2D eigenvalue weighted by Crippen LogP contribution is -2.35. The van der Waals surface area contributed by atoms with Crippen molar-refractivity contribution in [2.24, 2.45) is 0 Å². The lowest BCUT2D eigenvalue weighted by atomic mass is 10.1. The fourth-order valence-electron chi connectivity index (χ4n) is 3.00. The van der Waals surface area contributed by atoms with E-state index in [4.69, 9.17) is 11.6 Å². The number of rotatable bonds is 6. The Balaban J connectivity index is 2.11. The van der Waals surface area contributed by atoms with Crippen molar-refractivity contribution < 1.29 is 5.11 Å². The second-order valence-electron chi connectivity index (χ2n) is 5.35. The van der Waals surface area contributed by atoms with Gasteiger partial charge in [0.1, 0.15) is 5.01 Å². The topological polar surface area (TPSA) is 36.4 Å². The number of alkyl halides is 1. The summed E-state index contributed by atoms with van der Waals surface area (Å²) in [7, 11) is 0. The van der Waals surface area contributed by atoms with E-state index >= 15 is 0 Å². The fraction of sp³-hybridized carbons (Fsp3) is 0.786. The van der Waals surface area contributed by atoms with Crippen molar-refractivity contribution in [2.75, 3.05) is 6.54 Å². The summed E-state index contributed by atoms with van der Waals surface area (Å²) in [4.78, 5) is 7.17. The van der Waals surface area contributed by atoms with Gasteiger partial charge >= 0.3 is 0 Å². The van der Waals surface area contributed by atoms with Crippen LogP contribution in [0.3, 0.4) is 0 Å². The van der Waals surface area contributed by atoms with Crippen LogP contribution >= 0.6 is 22.9 Å². The molecule has 1 saturated heterocycles. The average molecular weight is 303 g/mol. The first-order valence-corrected chi connectivity index (χ1v) is 8.51. The van der Waals surface area contributed by atoms with Gasteiger partial charge in [0.2, 0.25) is 0 Å². The number of hydrogen-bond acceptors (Lipinski definition) is 4. The Morgan fingerprint density at radius 3 is 3.00 bits per heavy atom. The molecular formula is C14H23ClN2OS. The van der Waals surface area contributed by atoms with Crippen LogP contribution in [0.15, 0.2) is 5.38 Å². The molecule has 1 fully saturated rings. The van der Waals surface area contributed by atoms with Crippen LogP contribution in [-0.2, 0) is 5.88 Å². The summed E-state index contributed by atoms with van der Waals surface area (Å²) in [5.41, 5.74) is 0.978. The molecule has 0 aliphatic carbocycles. The Bertz CT molecular complexity index is 397. The van der Waals surface area contributed by atoms with Crippen molar-refractivity contribution in [3.05, 3.63) is 16.1 Å². The molecule has 0 aromatic carbocycles. The maximum absolute atomic E-state index is 9.64. The van der Waals surface area contributed by atoms with Crippen LogP contribution in [-0.4, -0.2) is 33.7 Å². The molecule has 5 heteroatoms. The van der Waals surface area contributed by atoms with Crippen LogP contribution in [0.2, 0.25) is 0 Å². The number of aromatic nitrogens is 1. The summed E-state index contributed by atoms with van der Waals surface area (Å²) in [6.45, 7) is 5.21. The van der Waals surface area contributed by atoms with E-state index in [2.05, 4.69) is 22.2 Å². The molecule has 0 spiro atoms. The molecule has 1 N–H and O–H groups in total. The fourth-order valence-corrected chi connectivity index (χ4v) is 4.25. The molecule has 3 atom stereocenters. The molecule has 0 amide bonds. The minimum atomic E-state index is -0.224. The molecular weight excluding hydrogens is 280 g/mol. The molecule has 1 aromatic rings. The molecule has 0 bridgehead atoms.